The fraction of sp³-hybridized carbons (Fsp3) is 0.471. The van der Waals surface area contributed by atoms with Crippen LogP contribution in [-0.4, -0.2) is 9.78 Å². The molecule has 0 amide bonds. The molecule has 0 spiro atoms. The molecule has 3 rings (SSSR count). The highest BCUT2D eigenvalue weighted by molar-refractivity contribution is 5.36. The Labute approximate surface area is 125 Å². The van der Waals surface area contributed by atoms with E-state index in [4.69, 9.17) is 10.5 Å². The molecule has 1 aliphatic carbocycles. The Morgan fingerprint density at radius 3 is 2.86 bits per heavy atom. The van der Waals surface area contributed by atoms with Crippen LogP contribution in [0.25, 0.3) is 0 Å². The molecule has 1 aliphatic rings. The third-order valence-electron chi connectivity index (χ3n) is 4.17. The summed E-state index contributed by atoms with van der Waals surface area (Å²) in [4.78, 5) is 0. The third-order valence-corrected chi connectivity index (χ3v) is 4.17. The van der Waals surface area contributed by atoms with Crippen molar-refractivity contribution in [1.29, 1.82) is 0 Å². The zero-order valence-corrected chi connectivity index (χ0v) is 12.6. The quantitative estimate of drug-likeness (QED) is 0.916. The Bertz CT molecular complexity index is 600. The zero-order valence-electron chi connectivity index (χ0n) is 12.6. The minimum absolute atomic E-state index is 0.494. The highest BCUT2D eigenvalue weighted by Crippen LogP contribution is 2.29. The van der Waals surface area contributed by atoms with Gasteiger partial charge in [-0.1, -0.05) is 30.5 Å². The molecule has 4 nitrogen and oxygen atoms in total. The molecule has 0 saturated heterocycles. The van der Waals surface area contributed by atoms with Crippen molar-refractivity contribution in [3.05, 3.63) is 47.3 Å². The first-order valence-corrected chi connectivity index (χ1v) is 7.72. The van der Waals surface area contributed by atoms with Crippen LogP contribution in [-0.2, 0) is 13.2 Å². The van der Waals surface area contributed by atoms with Gasteiger partial charge in [-0.3, -0.25) is 4.68 Å². The van der Waals surface area contributed by atoms with Crippen molar-refractivity contribution >= 4 is 0 Å². The second-order valence-electron chi connectivity index (χ2n) is 5.83. The second-order valence-corrected chi connectivity index (χ2v) is 5.83. The summed E-state index contributed by atoms with van der Waals surface area (Å²) in [6.45, 7) is 3.05. The molecular weight excluding hydrogens is 262 g/mol. The number of aryl methyl sites for hydroxylation is 1. The lowest BCUT2D eigenvalue weighted by Gasteiger charge is -2.11. The van der Waals surface area contributed by atoms with E-state index in [9.17, 15) is 0 Å². The van der Waals surface area contributed by atoms with E-state index in [1.54, 1.807) is 0 Å². The normalized spacial score (nSPS) is 15.5. The van der Waals surface area contributed by atoms with Gasteiger partial charge in [0.05, 0.1) is 11.7 Å². The van der Waals surface area contributed by atoms with Gasteiger partial charge in [-0.15, -0.1) is 0 Å². The van der Waals surface area contributed by atoms with Gasteiger partial charge in [-0.05, 0) is 31.9 Å². The Hall–Kier alpha value is -1.81. The number of hydrogen-bond acceptors (Lipinski definition) is 3. The smallest absolute Gasteiger partial charge is 0.132 e. The van der Waals surface area contributed by atoms with Crippen LogP contribution in [0.1, 0.15) is 48.5 Å². The summed E-state index contributed by atoms with van der Waals surface area (Å²) in [5, 5.41) is 4.64. The fourth-order valence-corrected chi connectivity index (χ4v) is 2.99. The van der Waals surface area contributed by atoms with Gasteiger partial charge in [-0.2, -0.15) is 5.10 Å². The molecular formula is C17H23N3O. The molecule has 0 aliphatic heterocycles. The van der Waals surface area contributed by atoms with Crippen molar-refractivity contribution in [3.8, 4) is 5.75 Å². The SMILES string of the molecule is Cc1ccc(OCc2ccn(C3CCCC3)n2)c(CN)c1. The van der Waals surface area contributed by atoms with Crippen molar-refractivity contribution in [2.24, 2.45) is 5.73 Å². The summed E-state index contributed by atoms with van der Waals surface area (Å²) in [6, 6.07) is 8.75. The highest BCUT2D eigenvalue weighted by Gasteiger charge is 2.17. The summed E-state index contributed by atoms with van der Waals surface area (Å²) in [6.07, 6.45) is 7.21. The number of nitrogens with zero attached hydrogens (tertiary/aromatic N) is 2. The maximum Gasteiger partial charge on any atom is 0.132 e. The first kappa shape index (κ1) is 14.1. The minimum Gasteiger partial charge on any atom is -0.487 e. The van der Waals surface area contributed by atoms with E-state index < -0.39 is 0 Å². The predicted molar refractivity (Wildman–Crippen MR) is 83.1 cm³/mol. The second kappa shape index (κ2) is 6.31. The fourth-order valence-electron chi connectivity index (χ4n) is 2.99. The molecule has 1 fully saturated rings. The van der Waals surface area contributed by atoms with E-state index in [0.29, 0.717) is 19.2 Å². The molecule has 1 aromatic heterocycles. The molecule has 112 valence electrons. The van der Waals surface area contributed by atoms with Gasteiger partial charge in [-0.25, -0.2) is 0 Å². The number of rotatable bonds is 5. The third kappa shape index (κ3) is 3.27. The molecule has 4 heteroatoms. The zero-order chi connectivity index (χ0) is 14.7. The van der Waals surface area contributed by atoms with E-state index in [-0.39, 0.29) is 0 Å². The molecule has 2 N–H and O–H groups in total. The summed E-state index contributed by atoms with van der Waals surface area (Å²) < 4.78 is 7.99. The van der Waals surface area contributed by atoms with Gasteiger partial charge >= 0.3 is 0 Å². The maximum atomic E-state index is 5.89. The van der Waals surface area contributed by atoms with E-state index in [2.05, 4.69) is 35.0 Å². The molecule has 1 saturated carbocycles. The Morgan fingerprint density at radius 1 is 1.29 bits per heavy atom. The number of nitrogens with two attached hydrogens (primary N) is 1. The molecule has 2 aromatic rings. The topological polar surface area (TPSA) is 53.1 Å². The molecule has 0 radical (unpaired) electrons. The van der Waals surface area contributed by atoms with Crippen LogP contribution in [0.2, 0.25) is 0 Å². The molecule has 1 aromatic carbocycles. The summed E-state index contributed by atoms with van der Waals surface area (Å²) in [5.41, 5.74) is 9.00. The Balaban J connectivity index is 1.65. The lowest BCUT2D eigenvalue weighted by atomic mass is 10.1. The summed E-state index contributed by atoms with van der Waals surface area (Å²) in [7, 11) is 0. The van der Waals surface area contributed by atoms with Crippen LogP contribution in [0.5, 0.6) is 5.75 Å². The van der Waals surface area contributed by atoms with E-state index >= 15 is 0 Å². The van der Waals surface area contributed by atoms with Crippen LogP contribution in [0, 0.1) is 6.92 Å². The molecule has 1 heterocycles. The van der Waals surface area contributed by atoms with Gasteiger partial charge in [0, 0.05) is 18.3 Å². The molecule has 0 bridgehead atoms. The van der Waals surface area contributed by atoms with Crippen LogP contribution in [0.3, 0.4) is 0 Å². The van der Waals surface area contributed by atoms with Crippen LogP contribution in [0.15, 0.2) is 30.5 Å². The van der Waals surface area contributed by atoms with Crippen LogP contribution < -0.4 is 10.5 Å². The monoisotopic (exact) mass is 285 g/mol. The van der Waals surface area contributed by atoms with Crippen LogP contribution >= 0.6 is 0 Å². The Morgan fingerprint density at radius 2 is 2.10 bits per heavy atom. The number of ether oxygens (including phenoxy) is 1. The molecule has 0 unspecified atom stereocenters. The molecule has 0 atom stereocenters. The van der Waals surface area contributed by atoms with Crippen LogP contribution in [0.4, 0.5) is 0 Å². The van der Waals surface area contributed by atoms with E-state index in [1.807, 2.05) is 12.1 Å². The average Bonchev–Trinajstić information content (AvgIpc) is 3.16. The van der Waals surface area contributed by atoms with Gasteiger partial charge in [0.15, 0.2) is 0 Å². The Kier molecular flexibility index (Phi) is 4.25. The number of hydrogen-bond donors (Lipinski definition) is 1. The lowest BCUT2D eigenvalue weighted by molar-refractivity contribution is 0.295. The van der Waals surface area contributed by atoms with Gasteiger partial charge in [0.1, 0.15) is 12.4 Å². The maximum absolute atomic E-state index is 5.89. The van der Waals surface area contributed by atoms with Gasteiger partial charge in [0.25, 0.3) is 0 Å². The summed E-state index contributed by atoms with van der Waals surface area (Å²) >= 11 is 0. The van der Waals surface area contributed by atoms with Crippen molar-refractivity contribution in [2.75, 3.05) is 0 Å². The summed E-state index contributed by atoms with van der Waals surface area (Å²) in [5.74, 6) is 0.860. The van der Waals surface area contributed by atoms with Crippen molar-refractivity contribution in [1.82, 2.24) is 9.78 Å². The van der Waals surface area contributed by atoms with Crippen molar-refractivity contribution < 1.29 is 4.74 Å². The largest absolute Gasteiger partial charge is 0.487 e. The highest BCUT2D eigenvalue weighted by atomic mass is 16.5. The van der Waals surface area contributed by atoms with Crippen molar-refractivity contribution in [3.63, 3.8) is 0 Å². The lowest BCUT2D eigenvalue weighted by Crippen LogP contribution is -2.07. The van der Waals surface area contributed by atoms with Crippen molar-refractivity contribution in [2.45, 2.75) is 51.8 Å². The first-order valence-electron chi connectivity index (χ1n) is 7.72. The standard InChI is InChI=1S/C17H23N3O/c1-13-6-7-17(14(10-13)11-18)21-12-15-8-9-20(19-15)16-4-2-3-5-16/h6-10,16H,2-5,11-12,18H2,1H3. The van der Waals surface area contributed by atoms with E-state index in [1.165, 1.54) is 31.2 Å². The average molecular weight is 285 g/mol. The van der Waals surface area contributed by atoms with E-state index in [0.717, 1.165) is 17.0 Å². The first-order chi connectivity index (χ1) is 10.3. The molecule has 21 heavy (non-hydrogen) atoms. The minimum atomic E-state index is 0.494. The predicted octanol–water partition coefficient (Wildman–Crippen LogP) is 3.34. The number of benzene rings is 1. The van der Waals surface area contributed by atoms with Gasteiger partial charge < -0.3 is 10.5 Å². The van der Waals surface area contributed by atoms with Gasteiger partial charge in [0.2, 0.25) is 0 Å². The number of aromatic nitrogens is 2.